The second kappa shape index (κ2) is 12.1. The molecule has 0 spiro atoms. The van der Waals surface area contributed by atoms with Crippen LogP contribution in [-0.4, -0.2) is 88.9 Å². The monoisotopic (exact) mass is 417 g/mol. The number of guanidine groups is 1. The van der Waals surface area contributed by atoms with E-state index in [0.29, 0.717) is 12.5 Å². The van der Waals surface area contributed by atoms with Crippen molar-refractivity contribution in [1.82, 2.24) is 20.4 Å². The van der Waals surface area contributed by atoms with E-state index in [1.54, 1.807) is 7.11 Å². The van der Waals surface area contributed by atoms with E-state index in [1.165, 1.54) is 24.9 Å². The quantitative estimate of drug-likeness (QED) is 0.498. The number of nitrogens with one attached hydrogen (secondary N) is 2. The van der Waals surface area contributed by atoms with Crippen molar-refractivity contribution < 1.29 is 9.47 Å². The minimum atomic E-state index is 0.232. The number of benzene rings is 1. The van der Waals surface area contributed by atoms with Crippen LogP contribution in [0.5, 0.6) is 5.75 Å². The van der Waals surface area contributed by atoms with Gasteiger partial charge in [-0.05, 0) is 57.0 Å². The van der Waals surface area contributed by atoms with Crippen LogP contribution in [0.3, 0.4) is 0 Å². The average molecular weight is 418 g/mol. The summed E-state index contributed by atoms with van der Waals surface area (Å²) in [6.45, 7) is 10.5. The van der Waals surface area contributed by atoms with Gasteiger partial charge in [0.05, 0.1) is 32.9 Å². The summed E-state index contributed by atoms with van der Waals surface area (Å²) in [5.74, 6) is 2.48. The Kier molecular flexibility index (Phi) is 9.24. The van der Waals surface area contributed by atoms with Crippen LogP contribution in [-0.2, 0) is 4.74 Å². The van der Waals surface area contributed by atoms with Gasteiger partial charge in [0.1, 0.15) is 5.75 Å². The van der Waals surface area contributed by atoms with E-state index in [0.717, 1.165) is 57.6 Å². The van der Waals surface area contributed by atoms with Gasteiger partial charge in [0, 0.05) is 32.7 Å². The molecule has 2 aliphatic rings. The van der Waals surface area contributed by atoms with Crippen LogP contribution < -0.4 is 15.4 Å². The molecule has 0 amide bonds. The van der Waals surface area contributed by atoms with Gasteiger partial charge in [-0.15, -0.1) is 0 Å². The summed E-state index contributed by atoms with van der Waals surface area (Å²) >= 11 is 0. The van der Waals surface area contributed by atoms with Crippen LogP contribution >= 0.6 is 0 Å². The van der Waals surface area contributed by atoms with E-state index in [-0.39, 0.29) is 6.04 Å². The first-order valence-electron chi connectivity index (χ1n) is 11.4. The molecule has 0 aliphatic carbocycles. The van der Waals surface area contributed by atoms with E-state index in [2.05, 4.69) is 46.5 Å². The van der Waals surface area contributed by atoms with E-state index < -0.39 is 0 Å². The predicted molar refractivity (Wildman–Crippen MR) is 122 cm³/mol. The molecule has 1 aromatic carbocycles. The largest absolute Gasteiger partial charge is 0.497 e. The van der Waals surface area contributed by atoms with Crippen molar-refractivity contribution >= 4 is 5.96 Å². The van der Waals surface area contributed by atoms with Crippen LogP contribution in [0.1, 0.15) is 31.4 Å². The number of likely N-dealkylation sites (tertiary alicyclic amines) is 1. The fourth-order valence-electron chi connectivity index (χ4n) is 4.35. The topological polar surface area (TPSA) is 61.4 Å². The predicted octanol–water partition coefficient (Wildman–Crippen LogP) is 1.97. The third kappa shape index (κ3) is 6.86. The SMILES string of the molecule is CCNC(=NCC(c1ccc(OC)cc1)N1CCOCC1)NCC1CCCN(C)C1. The normalized spacial score (nSPS) is 22.5. The van der Waals surface area contributed by atoms with E-state index >= 15 is 0 Å². The van der Waals surface area contributed by atoms with Gasteiger partial charge in [-0.1, -0.05) is 12.1 Å². The standard InChI is InChI=1S/C23H39N5O2/c1-4-24-23(25-16-19-6-5-11-27(2)18-19)26-17-22(28-12-14-30-15-13-28)20-7-9-21(29-3)10-8-20/h7-10,19,22H,4-6,11-18H2,1-3H3,(H2,24,25,26). The summed E-state index contributed by atoms with van der Waals surface area (Å²) < 4.78 is 10.9. The minimum Gasteiger partial charge on any atom is -0.497 e. The zero-order chi connectivity index (χ0) is 21.2. The van der Waals surface area contributed by atoms with E-state index in [9.17, 15) is 0 Å². The van der Waals surface area contributed by atoms with Gasteiger partial charge in [-0.3, -0.25) is 9.89 Å². The Balaban J connectivity index is 1.67. The summed E-state index contributed by atoms with van der Waals surface area (Å²) in [6.07, 6.45) is 2.58. The van der Waals surface area contributed by atoms with Gasteiger partial charge < -0.3 is 25.0 Å². The molecule has 2 unspecified atom stereocenters. The molecular weight excluding hydrogens is 378 g/mol. The molecule has 168 valence electrons. The molecule has 2 aliphatic heterocycles. The van der Waals surface area contributed by atoms with Crippen LogP contribution in [0.2, 0.25) is 0 Å². The molecule has 3 rings (SSSR count). The highest BCUT2D eigenvalue weighted by molar-refractivity contribution is 5.79. The van der Waals surface area contributed by atoms with Gasteiger partial charge in [0.25, 0.3) is 0 Å². The molecule has 2 atom stereocenters. The van der Waals surface area contributed by atoms with Crippen LogP contribution in [0.15, 0.2) is 29.3 Å². The Morgan fingerprint density at radius 2 is 1.97 bits per heavy atom. The fraction of sp³-hybridized carbons (Fsp3) is 0.696. The molecule has 7 nitrogen and oxygen atoms in total. The Morgan fingerprint density at radius 3 is 2.63 bits per heavy atom. The number of ether oxygens (including phenoxy) is 2. The van der Waals surface area contributed by atoms with E-state index in [4.69, 9.17) is 14.5 Å². The summed E-state index contributed by atoms with van der Waals surface area (Å²) in [5.41, 5.74) is 1.27. The number of nitrogens with zero attached hydrogens (tertiary/aromatic N) is 3. The molecule has 0 aromatic heterocycles. The highest BCUT2D eigenvalue weighted by atomic mass is 16.5. The number of hydrogen-bond donors (Lipinski definition) is 2. The molecule has 1 aromatic rings. The third-order valence-electron chi connectivity index (χ3n) is 6.03. The second-order valence-electron chi connectivity index (χ2n) is 8.31. The number of methoxy groups -OCH3 is 1. The highest BCUT2D eigenvalue weighted by Crippen LogP contribution is 2.24. The number of aliphatic imine (C=N–C) groups is 1. The van der Waals surface area contributed by atoms with Crippen molar-refractivity contribution in [3.8, 4) is 5.75 Å². The van der Waals surface area contributed by atoms with Crippen LogP contribution in [0, 0.1) is 5.92 Å². The zero-order valence-electron chi connectivity index (χ0n) is 18.9. The fourth-order valence-corrected chi connectivity index (χ4v) is 4.35. The van der Waals surface area contributed by atoms with Crippen molar-refractivity contribution in [2.24, 2.45) is 10.9 Å². The lowest BCUT2D eigenvalue weighted by Crippen LogP contribution is -2.44. The van der Waals surface area contributed by atoms with Gasteiger partial charge in [-0.2, -0.15) is 0 Å². The van der Waals surface area contributed by atoms with Crippen LogP contribution in [0.4, 0.5) is 0 Å². The van der Waals surface area contributed by atoms with Crippen molar-refractivity contribution in [3.63, 3.8) is 0 Å². The maximum absolute atomic E-state index is 5.57. The number of morpholine rings is 1. The zero-order valence-corrected chi connectivity index (χ0v) is 18.9. The van der Waals surface area contributed by atoms with Crippen LogP contribution in [0.25, 0.3) is 0 Å². The molecule has 2 saturated heterocycles. The van der Waals surface area contributed by atoms with E-state index in [1.807, 2.05) is 12.1 Å². The average Bonchev–Trinajstić information content (AvgIpc) is 2.78. The molecule has 0 radical (unpaired) electrons. The molecule has 2 N–H and O–H groups in total. The van der Waals surface area contributed by atoms with Crippen molar-refractivity contribution in [3.05, 3.63) is 29.8 Å². The summed E-state index contributed by atoms with van der Waals surface area (Å²) in [5, 5.41) is 7.01. The lowest BCUT2D eigenvalue weighted by atomic mass is 9.99. The first-order valence-corrected chi connectivity index (χ1v) is 11.4. The molecule has 0 bridgehead atoms. The van der Waals surface area contributed by atoms with Crippen molar-refractivity contribution in [2.75, 3.05) is 73.2 Å². The lowest BCUT2D eigenvalue weighted by molar-refractivity contribution is 0.0179. The van der Waals surface area contributed by atoms with Gasteiger partial charge in [0.2, 0.25) is 0 Å². The minimum absolute atomic E-state index is 0.232. The summed E-state index contributed by atoms with van der Waals surface area (Å²) in [7, 11) is 3.92. The Hall–Kier alpha value is -1.83. The first kappa shape index (κ1) is 22.8. The molecule has 2 heterocycles. The van der Waals surface area contributed by atoms with Gasteiger partial charge >= 0.3 is 0 Å². The maximum atomic E-state index is 5.57. The van der Waals surface area contributed by atoms with Gasteiger partial charge in [0.15, 0.2) is 5.96 Å². The molecule has 0 saturated carbocycles. The van der Waals surface area contributed by atoms with Crippen molar-refractivity contribution in [2.45, 2.75) is 25.8 Å². The highest BCUT2D eigenvalue weighted by Gasteiger charge is 2.23. The molecule has 2 fully saturated rings. The maximum Gasteiger partial charge on any atom is 0.191 e. The Labute approximate surface area is 181 Å². The lowest BCUT2D eigenvalue weighted by Gasteiger charge is -2.34. The molecular formula is C23H39N5O2. The molecule has 7 heteroatoms. The summed E-state index contributed by atoms with van der Waals surface area (Å²) in [4.78, 5) is 9.89. The smallest absolute Gasteiger partial charge is 0.191 e. The Bertz CT molecular complexity index is 645. The second-order valence-corrected chi connectivity index (χ2v) is 8.31. The van der Waals surface area contributed by atoms with Crippen molar-refractivity contribution in [1.29, 1.82) is 0 Å². The third-order valence-corrected chi connectivity index (χ3v) is 6.03. The number of hydrogen-bond acceptors (Lipinski definition) is 5. The first-order chi connectivity index (χ1) is 14.7. The molecule has 30 heavy (non-hydrogen) atoms. The van der Waals surface area contributed by atoms with Gasteiger partial charge in [-0.25, -0.2) is 0 Å². The Morgan fingerprint density at radius 1 is 1.20 bits per heavy atom. The number of piperidine rings is 1. The summed E-state index contributed by atoms with van der Waals surface area (Å²) in [6, 6.07) is 8.63. The number of rotatable bonds is 8.